The summed E-state index contributed by atoms with van der Waals surface area (Å²) in [6.45, 7) is 5.31. The number of hydrogen-bond donors (Lipinski definition) is 1. The number of amides is 2. The summed E-state index contributed by atoms with van der Waals surface area (Å²) >= 11 is 0. The van der Waals surface area contributed by atoms with Gasteiger partial charge in [-0.3, -0.25) is 9.59 Å². The number of likely N-dealkylation sites (tertiary alicyclic amines) is 2. The van der Waals surface area contributed by atoms with E-state index in [9.17, 15) is 22.8 Å². The molecule has 200 valence electrons. The zero-order chi connectivity index (χ0) is 26.4. The van der Waals surface area contributed by atoms with Crippen LogP contribution in [0.15, 0.2) is 54.6 Å². The number of ether oxygens (including phenoxy) is 1. The van der Waals surface area contributed by atoms with Crippen molar-refractivity contribution in [2.45, 2.75) is 63.4 Å². The molecule has 2 heterocycles. The van der Waals surface area contributed by atoms with Crippen LogP contribution < -0.4 is 10.1 Å². The Morgan fingerprint density at radius 3 is 2.14 bits per heavy atom. The van der Waals surface area contributed by atoms with Gasteiger partial charge in [-0.25, -0.2) is 0 Å². The highest BCUT2D eigenvalue weighted by Gasteiger charge is 2.33. The van der Waals surface area contributed by atoms with E-state index in [1.807, 2.05) is 35.2 Å². The molecular weight excluding hydrogens is 483 g/mol. The summed E-state index contributed by atoms with van der Waals surface area (Å²) in [7, 11) is 0. The van der Waals surface area contributed by atoms with Gasteiger partial charge in [0.05, 0.1) is 5.92 Å². The van der Waals surface area contributed by atoms with Gasteiger partial charge >= 0.3 is 6.36 Å². The SMILES string of the molecule is CCC(C(=O)N1CCC(N2CCC(NC(=O)c3ccc(OC(F)(F)F)cc3)CC2)CC1)c1ccccc1. The van der Waals surface area contributed by atoms with Crippen LogP contribution >= 0.6 is 0 Å². The fourth-order valence-corrected chi connectivity index (χ4v) is 5.40. The van der Waals surface area contributed by atoms with Crippen LogP contribution in [0.2, 0.25) is 0 Å². The Morgan fingerprint density at radius 2 is 1.57 bits per heavy atom. The molecule has 0 radical (unpaired) electrons. The second kappa shape index (κ2) is 12.0. The lowest BCUT2D eigenvalue weighted by Gasteiger charge is -2.42. The van der Waals surface area contributed by atoms with Crippen LogP contribution in [0.5, 0.6) is 5.75 Å². The lowest BCUT2D eigenvalue weighted by atomic mass is 9.93. The third-order valence-corrected chi connectivity index (χ3v) is 7.42. The average Bonchev–Trinajstić information content (AvgIpc) is 2.90. The van der Waals surface area contributed by atoms with Gasteiger partial charge in [0.25, 0.3) is 5.91 Å². The maximum atomic E-state index is 13.2. The maximum Gasteiger partial charge on any atom is 0.573 e. The Kier molecular flexibility index (Phi) is 8.74. The second-order valence-corrected chi connectivity index (χ2v) is 9.78. The smallest absolute Gasteiger partial charge is 0.406 e. The van der Waals surface area contributed by atoms with Crippen molar-refractivity contribution in [3.05, 3.63) is 65.7 Å². The Morgan fingerprint density at radius 1 is 0.946 bits per heavy atom. The summed E-state index contributed by atoms with van der Waals surface area (Å²) in [5.41, 5.74) is 1.38. The minimum atomic E-state index is -4.76. The van der Waals surface area contributed by atoms with E-state index in [0.29, 0.717) is 11.6 Å². The van der Waals surface area contributed by atoms with Gasteiger partial charge in [-0.05, 0) is 61.9 Å². The van der Waals surface area contributed by atoms with Gasteiger partial charge in [0, 0.05) is 43.8 Å². The Bertz CT molecular complexity index is 1030. The highest BCUT2D eigenvalue weighted by atomic mass is 19.4. The monoisotopic (exact) mass is 517 g/mol. The van der Waals surface area contributed by atoms with E-state index in [-0.39, 0.29) is 29.5 Å². The third kappa shape index (κ3) is 7.25. The van der Waals surface area contributed by atoms with Crippen LogP contribution in [-0.2, 0) is 4.79 Å². The van der Waals surface area contributed by atoms with Crippen LogP contribution in [0, 0.1) is 0 Å². The molecule has 2 aromatic rings. The highest BCUT2D eigenvalue weighted by molar-refractivity contribution is 5.94. The molecule has 2 saturated heterocycles. The molecule has 0 aliphatic carbocycles. The number of nitrogens with one attached hydrogen (secondary N) is 1. The van der Waals surface area contributed by atoms with Gasteiger partial charge in [-0.2, -0.15) is 0 Å². The number of alkyl halides is 3. The van der Waals surface area contributed by atoms with E-state index < -0.39 is 6.36 Å². The number of nitrogens with zero attached hydrogens (tertiary/aromatic N) is 2. The van der Waals surface area contributed by atoms with E-state index in [1.165, 1.54) is 12.1 Å². The molecule has 0 aromatic heterocycles. The molecule has 4 rings (SSSR count). The van der Waals surface area contributed by atoms with Gasteiger partial charge in [-0.15, -0.1) is 13.2 Å². The van der Waals surface area contributed by atoms with E-state index in [4.69, 9.17) is 0 Å². The Hall–Kier alpha value is -3.07. The Labute approximate surface area is 215 Å². The van der Waals surface area contributed by atoms with Crippen molar-refractivity contribution in [1.82, 2.24) is 15.1 Å². The number of carbonyl (C=O) groups excluding carboxylic acids is 2. The molecule has 6 nitrogen and oxygen atoms in total. The molecule has 0 spiro atoms. The van der Waals surface area contributed by atoms with Crippen molar-refractivity contribution in [3.63, 3.8) is 0 Å². The first-order chi connectivity index (χ1) is 17.7. The summed E-state index contributed by atoms with van der Waals surface area (Å²) in [6, 6.07) is 15.4. The first-order valence-corrected chi connectivity index (χ1v) is 13.0. The van der Waals surface area contributed by atoms with Crippen molar-refractivity contribution in [2.75, 3.05) is 26.2 Å². The molecule has 0 bridgehead atoms. The zero-order valence-corrected chi connectivity index (χ0v) is 21.0. The minimum absolute atomic E-state index is 0.0210. The first kappa shape index (κ1) is 27.0. The van der Waals surface area contributed by atoms with E-state index in [0.717, 1.165) is 76.0 Å². The number of hydrogen-bond acceptors (Lipinski definition) is 4. The van der Waals surface area contributed by atoms with Gasteiger partial charge < -0.3 is 19.9 Å². The summed E-state index contributed by atoms with van der Waals surface area (Å²) in [4.78, 5) is 30.2. The van der Waals surface area contributed by atoms with Gasteiger partial charge in [0.15, 0.2) is 0 Å². The van der Waals surface area contributed by atoms with Gasteiger partial charge in [0.2, 0.25) is 5.91 Å². The summed E-state index contributed by atoms with van der Waals surface area (Å²) in [5.74, 6) is -0.528. The predicted molar refractivity (Wildman–Crippen MR) is 134 cm³/mol. The van der Waals surface area contributed by atoms with Crippen molar-refractivity contribution in [2.24, 2.45) is 0 Å². The molecule has 0 saturated carbocycles. The molecule has 2 amide bonds. The van der Waals surface area contributed by atoms with Crippen molar-refractivity contribution < 1.29 is 27.5 Å². The fraction of sp³-hybridized carbons (Fsp3) is 0.500. The number of rotatable bonds is 7. The van der Waals surface area contributed by atoms with E-state index in [1.54, 1.807) is 0 Å². The summed E-state index contributed by atoms with van der Waals surface area (Å²) in [6.07, 6.45) is -0.462. The van der Waals surface area contributed by atoms with Crippen LogP contribution in [-0.4, -0.2) is 66.2 Å². The predicted octanol–water partition coefficient (Wildman–Crippen LogP) is 4.96. The molecular formula is C28H34F3N3O3. The van der Waals surface area contributed by atoms with E-state index >= 15 is 0 Å². The van der Waals surface area contributed by atoms with Crippen molar-refractivity contribution in [1.29, 1.82) is 0 Å². The molecule has 2 aliphatic rings. The zero-order valence-electron chi connectivity index (χ0n) is 21.0. The minimum Gasteiger partial charge on any atom is -0.406 e. The number of piperidine rings is 2. The summed E-state index contributed by atoms with van der Waals surface area (Å²) in [5, 5.41) is 3.00. The van der Waals surface area contributed by atoms with Crippen molar-refractivity contribution in [3.8, 4) is 5.75 Å². The van der Waals surface area contributed by atoms with Crippen LogP contribution in [0.3, 0.4) is 0 Å². The average molecular weight is 518 g/mol. The van der Waals surface area contributed by atoms with Crippen LogP contribution in [0.25, 0.3) is 0 Å². The summed E-state index contributed by atoms with van der Waals surface area (Å²) < 4.78 is 40.8. The second-order valence-electron chi connectivity index (χ2n) is 9.78. The quantitative estimate of drug-likeness (QED) is 0.564. The third-order valence-electron chi connectivity index (χ3n) is 7.42. The molecule has 1 N–H and O–H groups in total. The largest absolute Gasteiger partial charge is 0.573 e. The fourth-order valence-electron chi connectivity index (χ4n) is 5.40. The van der Waals surface area contributed by atoms with Crippen LogP contribution in [0.4, 0.5) is 13.2 Å². The normalized spacial score (nSPS) is 18.9. The number of benzene rings is 2. The lowest BCUT2D eigenvalue weighted by Crippen LogP contribution is -2.52. The highest BCUT2D eigenvalue weighted by Crippen LogP contribution is 2.27. The molecule has 2 aromatic carbocycles. The molecule has 2 aliphatic heterocycles. The Balaban J connectivity index is 1.21. The number of carbonyl (C=O) groups is 2. The molecule has 2 fully saturated rings. The van der Waals surface area contributed by atoms with Crippen LogP contribution in [0.1, 0.15) is 60.9 Å². The van der Waals surface area contributed by atoms with Gasteiger partial charge in [-0.1, -0.05) is 37.3 Å². The molecule has 37 heavy (non-hydrogen) atoms. The molecule has 1 atom stereocenters. The number of halogens is 3. The first-order valence-electron chi connectivity index (χ1n) is 13.0. The maximum absolute atomic E-state index is 13.2. The molecule has 1 unspecified atom stereocenters. The van der Waals surface area contributed by atoms with Crippen molar-refractivity contribution >= 4 is 11.8 Å². The lowest BCUT2D eigenvalue weighted by molar-refractivity contribution is -0.274. The topological polar surface area (TPSA) is 61.9 Å². The van der Waals surface area contributed by atoms with Gasteiger partial charge in [0.1, 0.15) is 5.75 Å². The standard InChI is InChI=1S/C28H34F3N3O3/c1-2-25(20-6-4-3-5-7-20)27(36)34-18-14-23(15-19-34)33-16-12-22(13-17-33)32-26(35)21-8-10-24(11-9-21)37-28(29,30)31/h3-11,22-23,25H,2,12-19H2,1H3,(H,32,35). The van der Waals surface area contributed by atoms with E-state index in [2.05, 4.69) is 21.9 Å². The molecule has 9 heteroatoms.